The van der Waals surface area contributed by atoms with Crippen molar-refractivity contribution in [2.24, 2.45) is 0 Å². The highest BCUT2D eigenvalue weighted by molar-refractivity contribution is 5.75. The number of carboxylic acids is 1. The molecule has 0 aromatic heterocycles. The maximum Gasteiger partial charge on any atom is 0.335 e. The van der Waals surface area contributed by atoms with Crippen LogP contribution in [0.3, 0.4) is 0 Å². The number of carbonyl (C=O) groups excluding carboxylic acids is 1. The summed E-state index contributed by atoms with van der Waals surface area (Å²) < 4.78 is 15.8. The van der Waals surface area contributed by atoms with Crippen molar-refractivity contribution < 1.29 is 28.9 Å². The lowest BCUT2D eigenvalue weighted by Crippen LogP contribution is -2.65. The van der Waals surface area contributed by atoms with Gasteiger partial charge in [0.1, 0.15) is 12.2 Å². The minimum Gasteiger partial charge on any atom is -0.479 e. The lowest BCUT2D eigenvalue weighted by molar-refractivity contribution is -0.209. The normalized spacial score (nSPS) is 36.1. The summed E-state index contributed by atoms with van der Waals surface area (Å²) in [5.41, 5.74) is 0. The second kappa shape index (κ2) is 6.12. The zero-order chi connectivity index (χ0) is 13.9. The molecule has 0 saturated carbocycles. The van der Waals surface area contributed by atoms with Gasteiger partial charge in [-0.05, 0) is 6.92 Å². The first-order valence-corrected chi connectivity index (χ1v) is 5.63. The number of ether oxygens (including phenoxy) is 3. The van der Waals surface area contributed by atoms with Gasteiger partial charge in [0.2, 0.25) is 5.91 Å². The maximum absolute atomic E-state index is 11.2. The van der Waals surface area contributed by atoms with Crippen molar-refractivity contribution in [3.63, 3.8) is 0 Å². The molecule has 1 aliphatic rings. The maximum atomic E-state index is 11.2. The Balaban J connectivity index is 2.95. The molecular formula is C11H19NO6. The van der Waals surface area contributed by atoms with Gasteiger partial charge in [-0.1, -0.05) is 0 Å². The summed E-state index contributed by atoms with van der Waals surface area (Å²) in [6.07, 6.45) is -2.95. The van der Waals surface area contributed by atoms with Crippen molar-refractivity contribution >= 4 is 11.9 Å². The Bertz CT molecular complexity index is 319. The monoisotopic (exact) mass is 261 g/mol. The fourth-order valence-corrected chi connectivity index (χ4v) is 2.21. The second-order valence-corrected chi connectivity index (χ2v) is 4.23. The number of nitrogens with one attached hydrogen (secondary N) is 1. The Morgan fingerprint density at radius 1 is 1.22 bits per heavy atom. The van der Waals surface area contributed by atoms with Gasteiger partial charge in [0, 0.05) is 21.1 Å². The number of carboxylic acid groups (broad SMARTS) is 1. The van der Waals surface area contributed by atoms with Gasteiger partial charge in [-0.25, -0.2) is 4.79 Å². The summed E-state index contributed by atoms with van der Waals surface area (Å²) in [6.45, 7) is 3.07. The Morgan fingerprint density at radius 3 is 2.17 bits per heavy atom. The Morgan fingerprint density at radius 2 is 1.78 bits per heavy atom. The van der Waals surface area contributed by atoms with Crippen LogP contribution in [0.2, 0.25) is 0 Å². The minimum absolute atomic E-state index is 0.235. The molecule has 5 atom stereocenters. The van der Waals surface area contributed by atoms with E-state index < -0.39 is 36.4 Å². The molecule has 7 heteroatoms. The number of aliphatic carboxylic acids is 1. The zero-order valence-corrected chi connectivity index (χ0v) is 10.9. The molecule has 1 fully saturated rings. The first kappa shape index (κ1) is 14.9. The van der Waals surface area contributed by atoms with Crippen LogP contribution in [0.4, 0.5) is 0 Å². The van der Waals surface area contributed by atoms with E-state index in [0.29, 0.717) is 0 Å². The third kappa shape index (κ3) is 2.98. The summed E-state index contributed by atoms with van der Waals surface area (Å²) in [6, 6.07) is -0.451. The van der Waals surface area contributed by atoms with Crippen LogP contribution in [-0.4, -0.2) is 61.7 Å². The fourth-order valence-electron chi connectivity index (χ4n) is 2.21. The van der Waals surface area contributed by atoms with Crippen LogP contribution in [0.25, 0.3) is 0 Å². The van der Waals surface area contributed by atoms with E-state index in [-0.39, 0.29) is 5.91 Å². The molecule has 1 heterocycles. The van der Waals surface area contributed by atoms with Gasteiger partial charge in [-0.15, -0.1) is 0 Å². The Labute approximate surface area is 105 Å². The number of carbonyl (C=O) groups is 2. The number of amides is 1. The number of methoxy groups -OCH3 is 2. The zero-order valence-electron chi connectivity index (χ0n) is 10.9. The van der Waals surface area contributed by atoms with E-state index in [9.17, 15) is 9.59 Å². The highest BCUT2D eigenvalue weighted by Crippen LogP contribution is 2.25. The lowest BCUT2D eigenvalue weighted by Gasteiger charge is -2.43. The molecule has 0 aromatic carbocycles. The fraction of sp³-hybridized carbons (Fsp3) is 0.818. The third-order valence-corrected chi connectivity index (χ3v) is 3.00. The number of rotatable bonds is 4. The summed E-state index contributed by atoms with van der Waals surface area (Å²) in [7, 11) is 2.83. The SMILES string of the molecule is CO[C@@H]1[C@H](OC)[C@@H](NC(C)=O)C(C)O[C@@H]1C(=O)O. The molecular weight excluding hydrogens is 242 g/mol. The van der Waals surface area contributed by atoms with Crippen LogP contribution < -0.4 is 5.32 Å². The average molecular weight is 261 g/mol. The quantitative estimate of drug-likeness (QED) is 0.701. The van der Waals surface area contributed by atoms with Crippen LogP contribution in [0.5, 0.6) is 0 Å². The molecule has 2 N–H and O–H groups in total. The molecule has 0 aliphatic carbocycles. The Hall–Kier alpha value is -1.18. The van der Waals surface area contributed by atoms with Crippen LogP contribution in [0.1, 0.15) is 13.8 Å². The smallest absolute Gasteiger partial charge is 0.335 e. The van der Waals surface area contributed by atoms with Crippen molar-refractivity contribution in [3.05, 3.63) is 0 Å². The molecule has 1 rings (SSSR count). The molecule has 1 unspecified atom stereocenters. The molecule has 18 heavy (non-hydrogen) atoms. The number of hydrogen-bond donors (Lipinski definition) is 2. The van der Waals surface area contributed by atoms with Crippen LogP contribution >= 0.6 is 0 Å². The largest absolute Gasteiger partial charge is 0.479 e. The molecule has 0 bridgehead atoms. The molecule has 104 valence electrons. The predicted octanol–water partition coefficient (Wildman–Crippen LogP) is -0.607. The minimum atomic E-state index is -1.11. The predicted molar refractivity (Wildman–Crippen MR) is 61.2 cm³/mol. The van der Waals surface area contributed by atoms with Gasteiger partial charge in [0.25, 0.3) is 0 Å². The topological polar surface area (TPSA) is 94.1 Å². The van der Waals surface area contributed by atoms with Crippen LogP contribution in [0.15, 0.2) is 0 Å². The van der Waals surface area contributed by atoms with Crippen molar-refractivity contribution in [3.8, 4) is 0 Å². The summed E-state index contributed by atoms with van der Waals surface area (Å²) >= 11 is 0. The number of hydrogen-bond acceptors (Lipinski definition) is 5. The van der Waals surface area contributed by atoms with E-state index in [1.54, 1.807) is 6.92 Å². The molecule has 1 saturated heterocycles. The highest BCUT2D eigenvalue weighted by Gasteiger charge is 2.48. The molecule has 1 amide bonds. The van der Waals surface area contributed by atoms with E-state index >= 15 is 0 Å². The standard InChI is InChI=1S/C11H19NO6/c1-5-7(12-6(2)13)8(16-3)9(17-4)10(18-5)11(14)15/h5,7-10H,1-4H3,(H,12,13)(H,14,15)/t5?,7-,8+,9+,10-/m0/s1. The van der Waals surface area contributed by atoms with E-state index in [4.69, 9.17) is 19.3 Å². The first-order valence-electron chi connectivity index (χ1n) is 5.63. The lowest BCUT2D eigenvalue weighted by atomic mass is 9.93. The molecule has 7 nitrogen and oxygen atoms in total. The molecule has 0 radical (unpaired) electrons. The van der Waals surface area contributed by atoms with E-state index in [2.05, 4.69) is 5.32 Å². The van der Waals surface area contributed by atoms with Crippen LogP contribution in [-0.2, 0) is 23.8 Å². The van der Waals surface area contributed by atoms with Gasteiger partial charge < -0.3 is 24.6 Å². The highest BCUT2D eigenvalue weighted by atomic mass is 16.6. The first-order chi connectivity index (χ1) is 8.42. The van der Waals surface area contributed by atoms with Crippen molar-refractivity contribution in [2.75, 3.05) is 14.2 Å². The van der Waals surface area contributed by atoms with Gasteiger partial charge in [-0.3, -0.25) is 4.79 Å². The molecule has 1 aliphatic heterocycles. The van der Waals surface area contributed by atoms with Gasteiger partial charge in [0.15, 0.2) is 6.10 Å². The van der Waals surface area contributed by atoms with Gasteiger partial charge in [0.05, 0.1) is 12.1 Å². The molecule has 0 spiro atoms. The summed E-state index contributed by atoms with van der Waals surface area (Å²) in [5, 5.41) is 11.8. The van der Waals surface area contributed by atoms with Crippen molar-refractivity contribution in [2.45, 2.75) is 44.3 Å². The van der Waals surface area contributed by atoms with Crippen LogP contribution in [0, 0.1) is 0 Å². The van der Waals surface area contributed by atoms with Crippen molar-refractivity contribution in [1.82, 2.24) is 5.32 Å². The van der Waals surface area contributed by atoms with Gasteiger partial charge in [-0.2, -0.15) is 0 Å². The van der Waals surface area contributed by atoms with E-state index in [1.165, 1.54) is 21.1 Å². The second-order valence-electron chi connectivity index (χ2n) is 4.23. The van der Waals surface area contributed by atoms with E-state index in [0.717, 1.165) is 0 Å². The molecule has 0 aromatic rings. The van der Waals surface area contributed by atoms with Crippen molar-refractivity contribution in [1.29, 1.82) is 0 Å². The Kier molecular flexibility index (Phi) is 5.06. The van der Waals surface area contributed by atoms with Gasteiger partial charge >= 0.3 is 5.97 Å². The summed E-state index contributed by atoms with van der Waals surface area (Å²) in [5.74, 6) is -1.35. The van der Waals surface area contributed by atoms with E-state index in [1.807, 2.05) is 0 Å². The third-order valence-electron chi connectivity index (χ3n) is 3.00. The average Bonchev–Trinajstić information content (AvgIpc) is 2.29. The summed E-state index contributed by atoms with van der Waals surface area (Å²) in [4.78, 5) is 22.3.